The van der Waals surface area contributed by atoms with Crippen molar-refractivity contribution in [1.82, 2.24) is 4.90 Å². The van der Waals surface area contributed by atoms with Crippen molar-refractivity contribution in [1.29, 1.82) is 0 Å². The summed E-state index contributed by atoms with van der Waals surface area (Å²) in [5, 5.41) is 9.21. The number of carboxylic acid groups (broad SMARTS) is 1. The van der Waals surface area contributed by atoms with Gasteiger partial charge in [-0.2, -0.15) is 0 Å². The molecule has 1 aliphatic rings. The molecule has 0 saturated heterocycles. The number of methoxy groups -OCH3 is 2. The van der Waals surface area contributed by atoms with Gasteiger partial charge in [0.2, 0.25) is 0 Å². The molecule has 1 aliphatic heterocycles. The highest BCUT2D eigenvalue weighted by Gasteiger charge is 2.36. The van der Waals surface area contributed by atoms with Crippen molar-refractivity contribution in [3.8, 4) is 17.2 Å². The lowest BCUT2D eigenvalue weighted by Crippen LogP contribution is -2.47. The molecule has 0 bridgehead atoms. The van der Waals surface area contributed by atoms with Gasteiger partial charge in [-0.3, -0.25) is 4.90 Å². The van der Waals surface area contributed by atoms with E-state index < -0.39 is 34.4 Å². The van der Waals surface area contributed by atoms with Gasteiger partial charge in [0.1, 0.15) is 23.7 Å². The maximum atomic E-state index is 14.4. The molecule has 1 unspecified atom stereocenters. The van der Waals surface area contributed by atoms with Crippen molar-refractivity contribution in [2.24, 2.45) is 0 Å². The molecule has 0 fully saturated rings. The highest BCUT2D eigenvalue weighted by atomic mass is 32.1. The molecular weight excluding hydrogens is 441 g/mol. The van der Waals surface area contributed by atoms with Crippen molar-refractivity contribution in [3.05, 3.63) is 39.3 Å². The molecule has 1 N–H and O–H groups in total. The smallest absolute Gasteiger partial charge is 0.410 e. The number of hydrogen-bond donors (Lipinski definition) is 1. The van der Waals surface area contributed by atoms with Crippen LogP contribution < -0.4 is 14.2 Å². The Morgan fingerprint density at radius 1 is 1.28 bits per heavy atom. The second kappa shape index (κ2) is 9.23. The summed E-state index contributed by atoms with van der Waals surface area (Å²) in [6.45, 7) is 5.43. The van der Waals surface area contributed by atoms with Crippen LogP contribution in [-0.2, 0) is 17.7 Å². The van der Waals surface area contributed by atoms with Gasteiger partial charge in [-0.15, -0.1) is 11.3 Å². The number of fused-ring (bicyclic) bond motifs is 1. The average molecular weight is 468 g/mol. The minimum absolute atomic E-state index is 0.00255. The van der Waals surface area contributed by atoms with Crippen LogP contribution >= 0.6 is 11.3 Å². The van der Waals surface area contributed by atoms with Crippen LogP contribution in [0.25, 0.3) is 0 Å². The number of carbonyl (C=O) groups excluding carboxylic acids is 1. The van der Waals surface area contributed by atoms with Gasteiger partial charge in [0, 0.05) is 18.1 Å². The third-order valence-corrected chi connectivity index (χ3v) is 5.97. The van der Waals surface area contributed by atoms with Gasteiger partial charge < -0.3 is 24.1 Å². The Kier molecular flexibility index (Phi) is 6.82. The predicted molar refractivity (Wildman–Crippen MR) is 116 cm³/mol. The van der Waals surface area contributed by atoms with Crippen molar-refractivity contribution >= 4 is 23.4 Å². The first-order chi connectivity index (χ1) is 15.0. The van der Waals surface area contributed by atoms with Crippen molar-refractivity contribution in [2.75, 3.05) is 20.8 Å². The summed E-state index contributed by atoms with van der Waals surface area (Å²) in [6.07, 6.45) is -0.329. The molecule has 1 aromatic carbocycles. The van der Waals surface area contributed by atoms with E-state index in [1.54, 1.807) is 46.1 Å². The minimum Gasteiger partial charge on any atom is -0.497 e. The largest absolute Gasteiger partial charge is 0.497 e. The monoisotopic (exact) mass is 467 g/mol. The molecule has 0 saturated carbocycles. The summed E-state index contributed by atoms with van der Waals surface area (Å²) in [4.78, 5) is 25.9. The van der Waals surface area contributed by atoms with Crippen LogP contribution in [0.1, 0.15) is 40.9 Å². The van der Waals surface area contributed by atoms with E-state index in [4.69, 9.17) is 18.9 Å². The molecule has 3 rings (SSSR count). The quantitative estimate of drug-likeness (QED) is 0.675. The molecule has 0 spiro atoms. The second-order valence-corrected chi connectivity index (χ2v) is 9.36. The van der Waals surface area contributed by atoms with Crippen LogP contribution in [0.5, 0.6) is 17.2 Å². The number of ether oxygens (including phenoxy) is 4. The van der Waals surface area contributed by atoms with E-state index in [0.29, 0.717) is 21.9 Å². The zero-order valence-corrected chi connectivity index (χ0v) is 19.4. The van der Waals surface area contributed by atoms with E-state index >= 15 is 0 Å². The molecule has 1 amide bonds. The van der Waals surface area contributed by atoms with Gasteiger partial charge in [-0.25, -0.2) is 14.0 Å². The van der Waals surface area contributed by atoms with Crippen LogP contribution in [0.3, 0.4) is 0 Å². The van der Waals surface area contributed by atoms with Gasteiger partial charge in [0.05, 0.1) is 31.7 Å². The fraction of sp³-hybridized carbons (Fsp3) is 0.455. The first-order valence-corrected chi connectivity index (χ1v) is 10.7. The van der Waals surface area contributed by atoms with E-state index in [-0.39, 0.29) is 25.3 Å². The highest BCUT2D eigenvalue weighted by Crippen LogP contribution is 2.39. The number of carboxylic acids is 1. The Hall–Kier alpha value is -3.01. The Balaban J connectivity index is 1.93. The summed E-state index contributed by atoms with van der Waals surface area (Å²) in [5.74, 6) is -1.15. The van der Waals surface area contributed by atoms with Gasteiger partial charge in [0.15, 0.2) is 16.4 Å². The fourth-order valence-corrected chi connectivity index (χ4v) is 4.37. The van der Waals surface area contributed by atoms with Crippen LogP contribution in [0.15, 0.2) is 18.2 Å². The number of halogens is 1. The van der Waals surface area contributed by atoms with E-state index in [9.17, 15) is 19.1 Å². The molecule has 10 heteroatoms. The van der Waals surface area contributed by atoms with Crippen LogP contribution in [-0.4, -0.2) is 54.5 Å². The lowest BCUT2D eigenvalue weighted by atomic mass is 10.1. The number of hydrogen-bond acceptors (Lipinski definition) is 7. The molecule has 174 valence electrons. The zero-order chi connectivity index (χ0) is 23.6. The Morgan fingerprint density at radius 3 is 2.59 bits per heavy atom. The van der Waals surface area contributed by atoms with E-state index in [1.807, 2.05) is 0 Å². The van der Waals surface area contributed by atoms with Crippen LogP contribution in [0.2, 0.25) is 0 Å². The lowest BCUT2D eigenvalue weighted by Gasteiger charge is -2.35. The van der Waals surface area contributed by atoms with Crippen molar-refractivity contribution in [2.45, 2.75) is 45.4 Å². The molecule has 2 heterocycles. The Morgan fingerprint density at radius 2 is 2.00 bits per heavy atom. The summed E-state index contributed by atoms with van der Waals surface area (Å²) < 4.78 is 36.2. The molecule has 8 nitrogen and oxygen atoms in total. The molecule has 0 aliphatic carbocycles. The third-order valence-electron chi connectivity index (χ3n) is 4.82. The van der Waals surface area contributed by atoms with Gasteiger partial charge in [-0.05, 0) is 32.9 Å². The zero-order valence-electron chi connectivity index (χ0n) is 18.6. The van der Waals surface area contributed by atoms with Crippen molar-refractivity contribution < 1.29 is 38.0 Å². The van der Waals surface area contributed by atoms with Crippen molar-refractivity contribution in [3.63, 3.8) is 0 Å². The molecular formula is C22H26FNO7S. The molecule has 32 heavy (non-hydrogen) atoms. The summed E-state index contributed by atoms with van der Waals surface area (Å²) in [6, 6.07) is 4.77. The molecule has 2 aromatic rings. The maximum absolute atomic E-state index is 14.4. The molecule has 1 atom stereocenters. The first kappa shape index (κ1) is 23.6. The minimum atomic E-state index is -1.35. The maximum Gasteiger partial charge on any atom is 0.410 e. The normalized spacial score (nSPS) is 15.4. The summed E-state index contributed by atoms with van der Waals surface area (Å²) >= 11 is 0.815. The Labute approximate surface area is 189 Å². The number of benzene rings is 1. The Bertz CT molecular complexity index is 1010. The summed E-state index contributed by atoms with van der Waals surface area (Å²) in [5.41, 5.74) is -0.0144. The number of thiophene rings is 1. The van der Waals surface area contributed by atoms with Crippen LogP contribution in [0.4, 0.5) is 9.18 Å². The molecule has 1 aromatic heterocycles. The average Bonchev–Trinajstić information content (AvgIpc) is 3.06. The standard InChI is InChI=1S/C22H26FNO7S/c1-22(2,3)31-21(27)24(10-12-6-7-14(28-4)9-15(12)29-5)13-8-16-18(30-11-13)17(23)19(32-16)20(25)26/h6-7,9,13H,8,10-11H2,1-5H3,(H,25,26). The number of amides is 1. The third kappa shape index (κ3) is 5.07. The van der Waals surface area contributed by atoms with Gasteiger partial charge in [0.25, 0.3) is 0 Å². The first-order valence-electron chi connectivity index (χ1n) is 9.91. The number of aromatic carboxylic acids is 1. The van der Waals surface area contributed by atoms with E-state index in [0.717, 1.165) is 11.3 Å². The fourth-order valence-electron chi connectivity index (χ4n) is 3.34. The van der Waals surface area contributed by atoms with Gasteiger partial charge >= 0.3 is 12.1 Å². The van der Waals surface area contributed by atoms with E-state index in [1.165, 1.54) is 12.0 Å². The number of nitrogens with zero attached hydrogens (tertiary/aromatic N) is 1. The lowest BCUT2D eigenvalue weighted by molar-refractivity contribution is 0.00639. The van der Waals surface area contributed by atoms with E-state index in [2.05, 4.69) is 0 Å². The molecule has 0 radical (unpaired) electrons. The SMILES string of the molecule is COc1ccc(CN(C(=O)OC(C)(C)C)C2COc3c(sc(C(=O)O)c3F)C2)c(OC)c1. The highest BCUT2D eigenvalue weighted by molar-refractivity contribution is 7.14. The predicted octanol–water partition coefficient (Wildman–Crippen LogP) is 4.34. The topological polar surface area (TPSA) is 94.5 Å². The summed E-state index contributed by atoms with van der Waals surface area (Å²) in [7, 11) is 3.07. The van der Waals surface area contributed by atoms with Gasteiger partial charge in [-0.1, -0.05) is 0 Å². The number of carbonyl (C=O) groups is 2. The van der Waals surface area contributed by atoms with Crippen LogP contribution in [0, 0.1) is 5.82 Å². The second-order valence-electron chi connectivity index (χ2n) is 8.26. The number of rotatable bonds is 6.